The number of H-pyrrole nitrogens is 1. The number of hydrogen-bond donors (Lipinski definition) is 1. The lowest BCUT2D eigenvalue weighted by Gasteiger charge is -1.99. The van der Waals surface area contributed by atoms with Gasteiger partial charge < -0.3 is 9.72 Å². The molecule has 18 heavy (non-hydrogen) atoms. The number of rotatable bonds is 3. The lowest BCUT2D eigenvalue weighted by atomic mass is 10.1. The number of carbonyl (C=O) groups is 1. The highest BCUT2D eigenvalue weighted by atomic mass is 16.6. The van der Waals surface area contributed by atoms with Crippen LogP contribution in [-0.2, 0) is 4.74 Å². The second kappa shape index (κ2) is 4.70. The first-order chi connectivity index (χ1) is 8.61. The van der Waals surface area contributed by atoms with Gasteiger partial charge in [0.15, 0.2) is 0 Å². The van der Waals surface area contributed by atoms with E-state index in [1.54, 1.807) is 24.4 Å². The molecule has 0 spiro atoms. The zero-order chi connectivity index (χ0) is 13.1. The maximum Gasteiger partial charge on any atom is 0.337 e. The van der Waals surface area contributed by atoms with Crippen LogP contribution in [0.2, 0.25) is 0 Å². The Bertz CT molecular complexity index is 643. The molecule has 0 radical (unpaired) electrons. The number of carbonyl (C=O) groups excluding carboxylic acids is 1. The van der Waals surface area contributed by atoms with Crippen LogP contribution in [-0.4, -0.2) is 23.0 Å². The molecule has 0 bridgehead atoms. The van der Waals surface area contributed by atoms with Crippen molar-refractivity contribution in [2.45, 2.75) is 0 Å². The Kier molecular flexibility index (Phi) is 3.09. The molecular weight excluding hydrogens is 236 g/mol. The molecule has 0 fully saturated rings. The lowest BCUT2D eigenvalue weighted by molar-refractivity contribution is -0.400. The van der Waals surface area contributed by atoms with Crippen molar-refractivity contribution in [3.8, 4) is 0 Å². The Labute approximate surface area is 102 Å². The molecule has 0 aliphatic carbocycles. The molecule has 0 aliphatic heterocycles. The lowest BCUT2D eigenvalue weighted by Crippen LogP contribution is -2.00. The predicted octanol–water partition coefficient (Wildman–Crippen LogP) is 2.20. The first-order valence-electron chi connectivity index (χ1n) is 5.13. The van der Waals surface area contributed by atoms with Crippen LogP contribution in [0.25, 0.3) is 17.0 Å². The minimum Gasteiger partial charge on any atom is -0.465 e. The van der Waals surface area contributed by atoms with E-state index >= 15 is 0 Å². The van der Waals surface area contributed by atoms with E-state index in [0.717, 1.165) is 17.1 Å². The van der Waals surface area contributed by atoms with Gasteiger partial charge in [-0.15, -0.1) is 0 Å². The molecule has 6 heteroatoms. The number of hydrogen-bond acceptors (Lipinski definition) is 4. The van der Waals surface area contributed by atoms with Gasteiger partial charge in [0.05, 0.1) is 17.6 Å². The van der Waals surface area contributed by atoms with E-state index < -0.39 is 10.9 Å². The molecule has 0 amide bonds. The van der Waals surface area contributed by atoms with Crippen molar-refractivity contribution >= 4 is 22.9 Å². The third-order valence-electron chi connectivity index (χ3n) is 2.51. The fourth-order valence-corrected chi connectivity index (χ4v) is 1.67. The summed E-state index contributed by atoms with van der Waals surface area (Å²) >= 11 is 0. The van der Waals surface area contributed by atoms with Gasteiger partial charge in [-0.2, -0.15) is 0 Å². The summed E-state index contributed by atoms with van der Waals surface area (Å²) in [5.41, 5.74) is 1.85. The monoisotopic (exact) mass is 246 g/mol. The first-order valence-corrected chi connectivity index (χ1v) is 5.13. The third kappa shape index (κ3) is 2.22. The molecule has 2 aromatic rings. The van der Waals surface area contributed by atoms with Crippen LogP contribution in [0.15, 0.2) is 30.6 Å². The Morgan fingerprint density at radius 2 is 2.28 bits per heavy atom. The Morgan fingerprint density at radius 3 is 2.94 bits per heavy atom. The van der Waals surface area contributed by atoms with Crippen molar-refractivity contribution in [3.05, 3.63) is 51.8 Å². The van der Waals surface area contributed by atoms with Crippen LogP contribution >= 0.6 is 0 Å². The SMILES string of the molecule is COC(=O)c1ccc2[nH]cc(C=C[N+](=O)[O-])c2c1. The van der Waals surface area contributed by atoms with Gasteiger partial charge in [-0.05, 0) is 18.2 Å². The average Bonchev–Trinajstić information content (AvgIpc) is 2.77. The maximum atomic E-state index is 11.4. The number of aromatic amines is 1. The molecule has 0 aliphatic rings. The average molecular weight is 246 g/mol. The Hall–Kier alpha value is -2.63. The quantitative estimate of drug-likeness (QED) is 0.511. The summed E-state index contributed by atoms with van der Waals surface area (Å²) in [7, 11) is 1.30. The van der Waals surface area contributed by atoms with Crippen molar-refractivity contribution in [2.75, 3.05) is 7.11 Å². The normalized spacial score (nSPS) is 10.9. The van der Waals surface area contributed by atoms with E-state index in [9.17, 15) is 14.9 Å². The van der Waals surface area contributed by atoms with Crippen molar-refractivity contribution in [3.63, 3.8) is 0 Å². The van der Waals surface area contributed by atoms with E-state index in [4.69, 9.17) is 0 Å². The van der Waals surface area contributed by atoms with Gasteiger partial charge in [0.2, 0.25) is 6.20 Å². The molecule has 0 saturated carbocycles. The van der Waals surface area contributed by atoms with Crippen LogP contribution in [0.4, 0.5) is 0 Å². The van der Waals surface area contributed by atoms with Crippen molar-refractivity contribution in [2.24, 2.45) is 0 Å². The standard InChI is InChI=1S/C12H10N2O4/c1-18-12(15)8-2-3-11-10(6-8)9(7-13-11)4-5-14(16)17/h2-7,13H,1H3. The van der Waals surface area contributed by atoms with Gasteiger partial charge in [-0.25, -0.2) is 4.79 Å². The van der Waals surface area contributed by atoms with Gasteiger partial charge in [-0.3, -0.25) is 10.1 Å². The molecule has 6 nitrogen and oxygen atoms in total. The first kappa shape index (κ1) is 11.8. The fourth-order valence-electron chi connectivity index (χ4n) is 1.67. The van der Waals surface area contributed by atoms with E-state index in [1.165, 1.54) is 13.2 Å². The molecule has 0 unspecified atom stereocenters. The summed E-state index contributed by atoms with van der Waals surface area (Å²) in [6.07, 6.45) is 3.87. The van der Waals surface area contributed by atoms with Crippen LogP contribution < -0.4 is 0 Å². The number of methoxy groups -OCH3 is 1. The number of ether oxygens (including phenoxy) is 1. The van der Waals surface area contributed by atoms with Crippen LogP contribution in [0.5, 0.6) is 0 Å². The van der Waals surface area contributed by atoms with Crippen LogP contribution in [0, 0.1) is 10.1 Å². The summed E-state index contributed by atoms with van der Waals surface area (Å²) in [6, 6.07) is 4.99. The molecule has 0 saturated heterocycles. The fraction of sp³-hybridized carbons (Fsp3) is 0.0833. The molecule has 1 heterocycles. The Morgan fingerprint density at radius 1 is 1.50 bits per heavy atom. The van der Waals surface area contributed by atoms with E-state index in [2.05, 4.69) is 9.72 Å². The number of esters is 1. The van der Waals surface area contributed by atoms with E-state index in [-0.39, 0.29) is 0 Å². The highest BCUT2D eigenvalue weighted by Gasteiger charge is 2.08. The van der Waals surface area contributed by atoms with Gasteiger partial charge in [0.1, 0.15) is 0 Å². The summed E-state index contributed by atoms with van der Waals surface area (Å²) in [5.74, 6) is -0.442. The minimum atomic E-state index is -0.539. The number of aromatic nitrogens is 1. The topological polar surface area (TPSA) is 85.2 Å². The molecule has 2 rings (SSSR count). The van der Waals surface area contributed by atoms with Gasteiger partial charge in [0, 0.05) is 28.7 Å². The van der Waals surface area contributed by atoms with Crippen molar-refractivity contribution in [1.82, 2.24) is 4.98 Å². The molecule has 1 aromatic heterocycles. The third-order valence-corrected chi connectivity index (χ3v) is 2.51. The van der Waals surface area contributed by atoms with Crippen molar-refractivity contribution < 1.29 is 14.5 Å². The number of nitro groups is 1. The highest BCUT2D eigenvalue weighted by molar-refractivity contribution is 5.97. The molecule has 1 aromatic carbocycles. The summed E-state index contributed by atoms with van der Waals surface area (Å²) < 4.78 is 4.62. The van der Waals surface area contributed by atoms with E-state index in [0.29, 0.717) is 11.1 Å². The number of benzene rings is 1. The van der Waals surface area contributed by atoms with Gasteiger partial charge in [0.25, 0.3) is 0 Å². The second-order valence-corrected chi connectivity index (χ2v) is 3.60. The zero-order valence-electron chi connectivity index (χ0n) is 9.54. The number of nitrogens with one attached hydrogen (secondary N) is 1. The van der Waals surface area contributed by atoms with Gasteiger partial charge >= 0.3 is 5.97 Å². The minimum absolute atomic E-state index is 0.403. The van der Waals surface area contributed by atoms with Crippen LogP contribution in [0.1, 0.15) is 15.9 Å². The molecule has 1 N–H and O–H groups in total. The highest BCUT2D eigenvalue weighted by Crippen LogP contribution is 2.21. The largest absolute Gasteiger partial charge is 0.465 e. The molecule has 0 atom stereocenters. The maximum absolute atomic E-state index is 11.4. The predicted molar refractivity (Wildman–Crippen MR) is 65.7 cm³/mol. The smallest absolute Gasteiger partial charge is 0.337 e. The Balaban J connectivity index is 2.49. The zero-order valence-corrected chi connectivity index (χ0v) is 9.54. The molecular formula is C12H10N2O4. The van der Waals surface area contributed by atoms with Crippen molar-refractivity contribution in [1.29, 1.82) is 0 Å². The summed E-state index contributed by atoms with van der Waals surface area (Å²) in [4.78, 5) is 24.1. The number of fused-ring (bicyclic) bond motifs is 1. The van der Waals surface area contributed by atoms with E-state index in [1.807, 2.05) is 0 Å². The number of nitrogens with zero attached hydrogens (tertiary/aromatic N) is 1. The summed E-state index contributed by atoms with van der Waals surface area (Å²) in [5, 5.41) is 11.0. The second-order valence-electron chi connectivity index (χ2n) is 3.60. The van der Waals surface area contributed by atoms with Crippen LogP contribution in [0.3, 0.4) is 0 Å². The molecule has 92 valence electrons. The van der Waals surface area contributed by atoms with Gasteiger partial charge in [-0.1, -0.05) is 0 Å². The summed E-state index contributed by atoms with van der Waals surface area (Å²) in [6.45, 7) is 0.